The van der Waals surface area contributed by atoms with E-state index in [0.717, 1.165) is 29.1 Å². The summed E-state index contributed by atoms with van der Waals surface area (Å²) in [5.41, 5.74) is 10.3. The number of hydrogen-bond acceptors (Lipinski definition) is 8. The van der Waals surface area contributed by atoms with Crippen molar-refractivity contribution < 1.29 is 18.0 Å². The van der Waals surface area contributed by atoms with Gasteiger partial charge in [-0.3, -0.25) is 19.5 Å². The molecule has 0 bridgehead atoms. The second kappa shape index (κ2) is 12.3. The summed E-state index contributed by atoms with van der Waals surface area (Å²) in [7, 11) is 1.80. The SMILES string of the molecule is Cc1ccc(C(=O)Nc2cc(N3CCN(c4ccncc4)CC3)cc(C(F)(F)F)c2)cc1N(N)/C=C(\N)c1cnn(C)c1C. The van der Waals surface area contributed by atoms with Gasteiger partial charge in [0.15, 0.2) is 0 Å². The van der Waals surface area contributed by atoms with Crippen molar-refractivity contribution in [2.45, 2.75) is 20.0 Å². The molecule has 4 aromatic rings. The summed E-state index contributed by atoms with van der Waals surface area (Å²) in [4.78, 5) is 21.4. The molecule has 13 heteroatoms. The quantitative estimate of drug-likeness (QED) is 0.205. The Morgan fingerprint density at radius 3 is 2.25 bits per heavy atom. The third-order valence-electron chi connectivity index (χ3n) is 7.75. The fourth-order valence-corrected chi connectivity index (χ4v) is 5.11. The van der Waals surface area contributed by atoms with Gasteiger partial charge in [-0.1, -0.05) is 6.07 Å². The monoisotopic (exact) mass is 605 g/mol. The summed E-state index contributed by atoms with van der Waals surface area (Å²) in [6, 6.07) is 12.3. The first kappa shape index (κ1) is 30.4. The predicted molar refractivity (Wildman–Crippen MR) is 166 cm³/mol. The second-order valence-corrected chi connectivity index (χ2v) is 10.7. The molecule has 2 aromatic carbocycles. The van der Waals surface area contributed by atoms with Crippen LogP contribution in [0.1, 0.15) is 32.7 Å². The number of carbonyl (C=O) groups is 1. The Hall–Kier alpha value is -5.04. The molecule has 3 heterocycles. The maximum atomic E-state index is 13.9. The molecule has 0 radical (unpaired) electrons. The Balaban J connectivity index is 1.36. The summed E-state index contributed by atoms with van der Waals surface area (Å²) in [6.45, 7) is 5.98. The van der Waals surface area contributed by atoms with Gasteiger partial charge in [0.1, 0.15) is 0 Å². The van der Waals surface area contributed by atoms with E-state index in [-0.39, 0.29) is 11.3 Å². The first-order valence-electron chi connectivity index (χ1n) is 13.9. The van der Waals surface area contributed by atoms with Crippen molar-refractivity contribution >= 4 is 34.4 Å². The van der Waals surface area contributed by atoms with E-state index in [1.54, 1.807) is 54.6 Å². The van der Waals surface area contributed by atoms with Gasteiger partial charge in [-0.2, -0.15) is 18.3 Å². The standard InChI is InChI=1S/C31H34F3N9O/c1-20-4-5-22(14-29(20)43(36)19-28(35)27-18-38-40(3)21(27)2)30(44)39-24-15-23(31(32,33)34)16-26(17-24)42-12-10-41(11-13-42)25-6-8-37-9-7-25/h4-9,14-19H,10-13,35-36H2,1-3H3,(H,39,44)/b28-19-. The number of nitrogens with one attached hydrogen (secondary N) is 1. The lowest BCUT2D eigenvalue weighted by Gasteiger charge is -2.37. The molecule has 1 aliphatic heterocycles. The highest BCUT2D eigenvalue weighted by molar-refractivity contribution is 6.05. The van der Waals surface area contributed by atoms with Crippen LogP contribution < -0.4 is 31.7 Å². The molecule has 0 aliphatic carbocycles. The highest BCUT2D eigenvalue weighted by Crippen LogP contribution is 2.35. The van der Waals surface area contributed by atoms with Gasteiger partial charge >= 0.3 is 6.18 Å². The van der Waals surface area contributed by atoms with E-state index in [0.29, 0.717) is 48.8 Å². The molecule has 1 aliphatic rings. The van der Waals surface area contributed by atoms with Crippen LogP contribution in [-0.2, 0) is 13.2 Å². The molecule has 0 saturated carbocycles. The number of piperazine rings is 1. The van der Waals surface area contributed by atoms with Crippen LogP contribution >= 0.6 is 0 Å². The third kappa shape index (κ3) is 6.62. The number of hydrogen-bond donors (Lipinski definition) is 3. The number of pyridine rings is 1. The molecule has 44 heavy (non-hydrogen) atoms. The minimum atomic E-state index is -4.59. The van der Waals surface area contributed by atoms with Crippen molar-refractivity contribution in [3.63, 3.8) is 0 Å². The highest BCUT2D eigenvalue weighted by Gasteiger charge is 2.32. The normalized spacial score (nSPS) is 14.1. The maximum Gasteiger partial charge on any atom is 0.416 e. The van der Waals surface area contributed by atoms with Crippen molar-refractivity contribution in [2.24, 2.45) is 18.6 Å². The number of aromatic nitrogens is 3. The molecule has 230 valence electrons. The molecule has 5 rings (SSSR count). The molecular formula is C31H34F3N9O. The van der Waals surface area contributed by atoms with Crippen LogP contribution in [0.4, 0.5) is 35.9 Å². The summed E-state index contributed by atoms with van der Waals surface area (Å²) in [5, 5.41) is 8.15. The van der Waals surface area contributed by atoms with Gasteiger partial charge in [0.25, 0.3) is 5.91 Å². The number of aryl methyl sites for hydroxylation is 2. The van der Waals surface area contributed by atoms with Crippen molar-refractivity contribution in [3.05, 3.63) is 101 Å². The first-order valence-corrected chi connectivity index (χ1v) is 13.9. The van der Waals surface area contributed by atoms with Gasteiger partial charge in [0.2, 0.25) is 0 Å². The van der Waals surface area contributed by atoms with Crippen molar-refractivity contribution in [1.82, 2.24) is 14.8 Å². The Labute approximate surface area is 253 Å². The zero-order valence-corrected chi connectivity index (χ0v) is 24.6. The third-order valence-corrected chi connectivity index (χ3v) is 7.75. The molecule has 0 spiro atoms. The van der Waals surface area contributed by atoms with E-state index in [2.05, 4.69) is 20.3 Å². The van der Waals surface area contributed by atoms with E-state index in [1.165, 1.54) is 11.2 Å². The molecular weight excluding hydrogens is 571 g/mol. The minimum absolute atomic E-state index is 0.0410. The molecule has 0 unspecified atom stereocenters. The summed E-state index contributed by atoms with van der Waals surface area (Å²) < 4.78 is 43.4. The van der Waals surface area contributed by atoms with Crippen LogP contribution in [0.15, 0.2) is 73.3 Å². The van der Waals surface area contributed by atoms with Gasteiger partial charge in [-0.25, -0.2) is 5.84 Å². The van der Waals surface area contributed by atoms with Gasteiger partial charge in [0, 0.05) is 85.7 Å². The number of halogens is 3. The first-order chi connectivity index (χ1) is 20.9. The lowest BCUT2D eigenvalue weighted by Crippen LogP contribution is -2.46. The van der Waals surface area contributed by atoms with Crippen LogP contribution in [0.25, 0.3) is 5.70 Å². The number of carbonyl (C=O) groups excluding carboxylic acids is 1. The van der Waals surface area contributed by atoms with Crippen molar-refractivity contribution in [2.75, 3.05) is 46.3 Å². The van der Waals surface area contributed by atoms with Crippen LogP contribution in [0.5, 0.6) is 0 Å². The summed E-state index contributed by atoms with van der Waals surface area (Å²) in [5.74, 6) is 5.73. The number of rotatable bonds is 7. The largest absolute Gasteiger partial charge is 0.416 e. The predicted octanol–water partition coefficient (Wildman–Crippen LogP) is 4.67. The Morgan fingerprint density at radius 2 is 1.64 bits per heavy atom. The zero-order valence-electron chi connectivity index (χ0n) is 24.6. The number of amides is 1. The van der Waals surface area contributed by atoms with E-state index < -0.39 is 17.6 Å². The van der Waals surface area contributed by atoms with Gasteiger partial charge in [-0.15, -0.1) is 0 Å². The number of nitrogens with two attached hydrogens (primary N) is 2. The molecule has 1 amide bonds. The fraction of sp³-hybridized carbons (Fsp3) is 0.258. The lowest BCUT2D eigenvalue weighted by molar-refractivity contribution is -0.137. The zero-order chi connectivity index (χ0) is 31.6. The van der Waals surface area contributed by atoms with Gasteiger partial charge in [-0.05, 0) is 61.9 Å². The molecule has 10 nitrogen and oxygen atoms in total. The maximum absolute atomic E-state index is 13.9. The number of benzene rings is 2. The number of nitrogens with zero attached hydrogens (tertiary/aromatic N) is 6. The Kier molecular flexibility index (Phi) is 8.50. The number of anilines is 4. The van der Waals surface area contributed by atoms with E-state index >= 15 is 0 Å². The fourth-order valence-electron chi connectivity index (χ4n) is 5.11. The average Bonchev–Trinajstić information content (AvgIpc) is 3.34. The van der Waals surface area contributed by atoms with Crippen molar-refractivity contribution in [1.29, 1.82) is 0 Å². The van der Waals surface area contributed by atoms with Crippen LogP contribution in [0.2, 0.25) is 0 Å². The Morgan fingerprint density at radius 1 is 0.977 bits per heavy atom. The van der Waals surface area contributed by atoms with E-state index in [1.807, 2.05) is 30.9 Å². The topological polar surface area (TPSA) is 122 Å². The summed E-state index contributed by atoms with van der Waals surface area (Å²) in [6.07, 6.45) is 1.99. The number of alkyl halides is 3. The molecule has 5 N–H and O–H groups in total. The van der Waals surface area contributed by atoms with Crippen LogP contribution in [0.3, 0.4) is 0 Å². The smallest absolute Gasteiger partial charge is 0.397 e. The molecule has 2 aromatic heterocycles. The second-order valence-electron chi connectivity index (χ2n) is 10.7. The van der Waals surface area contributed by atoms with Crippen LogP contribution in [0, 0.1) is 13.8 Å². The van der Waals surface area contributed by atoms with Crippen molar-refractivity contribution in [3.8, 4) is 0 Å². The van der Waals surface area contributed by atoms with Crippen LogP contribution in [-0.4, -0.2) is 46.9 Å². The molecule has 1 saturated heterocycles. The Bertz CT molecular complexity index is 1680. The van der Waals surface area contributed by atoms with Gasteiger partial charge in [0.05, 0.1) is 23.1 Å². The highest BCUT2D eigenvalue weighted by atomic mass is 19.4. The minimum Gasteiger partial charge on any atom is -0.397 e. The molecule has 1 fully saturated rings. The van der Waals surface area contributed by atoms with Gasteiger partial charge < -0.3 is 20.9 Å². The average molecular weight is 606 g/mol. The van der Waals surface area contributed by atoms with E-state index in [4.69, 9.17) is 11.6 Å². The molecule has 0 atom stereocenters. The number of hydrazine groups is 1. The summed E-state index contributed by atoms with van der Waals surface area (Å²) >= 11 is 0. The lowest BCUT2D eigenvalue weighted by atomic mass is 10.1. The van der Waals surface area contributed by atoms with E-state index in [9.17, 15) is 18.0 Å².